The number of methoxy groups -OCH3 is 2. The molecule has 0 saturated carbocycles. The lowest BCUT2D eigenvalue weighted by Gasteiger charge is -2.14. The van der Waals surface area contributed by atoms with Crippen LogP contribution in [0.4, 0.5) is 0 Å². The summed E-state index contributed by atoms with van der Waals surface area (Å²) in [5.41, 5.74) is 5.79. The Morgan fingerprint density at radius 1 is 0.962 bits per heavy atom. The van der Waals surface area contributed by atoms with Crippen LogP contribution in [0.25, 0.3) is 11.3 Å². The van der Waals surface area contributed by atoms with E-state index in [-0.39, 0.29) is 5.97 Å². The number of esters is 1. The molecule has 0 aliphatic rings. The SMILES string of the molecule is COC(=O)c1cc(C)n(Cc2ccc(OC)cc2)c1-c1ccc(C)cc1. The molecular weight excluding hydrogens is 326 g/mol. The number of ether oxygens (including phenoxy) is 2. The fourth-order valence-electron chi connectivity index (χ4n) is 3.08. The summed E-state index contributed by atoms with van der Waals surface area (Å²) in [6.45, 7) is 4.72. The van der Waals surface area contributed by atoms with Crippen LogP contribution in [-0.2, 0) is 11.3 Å². The number of rotatable bonds is 5. The van der Waals surface area contributed by atoms with E-state index in [2.05, 4.69) is 16.7 Å². The molecule has 1 aromatic heterocycles. The first kappa shape index (κ1) is 17.8. The highest BCUT2D eigenvalue weighted by Gasteiger charge is 2.20. The van der Waals surface area contributed by atoms with Crippen LogP contribution < -0.4 is 4.74 Å². The summed E-state index contributed by atoms with van der Waals surface area (Å²) in [5, 5.41) is 0. The highest BCUT2D eigenvalue weighted by molar-refractivity contribution is 5.97. The third kappa shape index (κ3) is 3.49. The quantitative estimate of drug-likeness (QED) is 0.631. The highest BCUT2D eigenvalue weighted by Crippen LogP contribution is 2.29. The zero-order chi connectivity index (χ0) is 18.7. The molecule has 0 fully saturated rings. The maximum Gasteiger partial charge on any atom is 0.340 e. The fraction of sp³-hybridized carbons (Fsp3) is 0.227. The van der Waals surface area contributed by atoms with E-state index in [0.29, 0.717) is 12.1 Å². The average molecular weight is 349 g/mol. The van der Waals surface area contributed by atoms with Gasteiger partial charge in [0.05, 0.1) is 25.5 Å². The Kier molecular flexibility index (Phi) is 5.12. The van der Waals surface area contributed by atoms with Crippen LogP contribution in [0.3, 0.4) is 0 Å². The summed E-state index contributed by atoms with van der Waals surface area (Å²) < 4.78 is 12.4. The van der Waals surface area contributed by atoms with E-state index in [1.807, 2.05) is 56.3 Å². The molecular formula is C22H23NO3. The molecule has 134 valence electrons. The van der Waals surface area contributed by atoms with Gasteiger partial charge in [-0.25, -0.2) is 4.79 Å². The predicted molar refractivity (Wildman–Crippen MR) is 103 cm³/mol. The van der Waals surface area contributed by atoms with E-state index in [0.717, 1.165) is 28.3 Å². The van der Waals surface area contributed by atoms with Crippen molar-refractivity contribution in [1.29, 1.82) is 0 Å². The van der Waals surface area contributed by atoms with E-state index < -0.39 is 0 Å². The molecule has 3 aromatic rings. The maximum atomic E-state index is 12.3. The molecule has 0 atom stereocenters. The number of benzene rings is 2. The van der Waals surface area contributed by atoms with Crippen molar-refractivity contribution in [3.05, 3.63) is 77.0 Å². The van der Waals surface area contributed by atoms with Gasteiger partial charge in [-0.3, -0.25) is 0 Å². The van der Waals surface area contributed by atoms with Gasteiger partial charge in [0, 0.05) is 12.2 Å². The monoisotopic (exact) mass is 349 g/mol. The summed E-state index contributed by atoms with van der Waals surface area (Å²) >= 11 is 0. The van der Waals surface area contributed by atoms with E-state index in [1.165, 1.54) is 12.7 Å². The minimum atomic E-state index is -0.322. The summed E-state index contributed by atoms with van der Waals surface area (Å²) in [6, 6.07) is 18.0. The summed E-state index contributed by atoms with van der Waals surface area (Å²) in [5.74, 6) is 0.504. The number of hydrogen-bond donors (Lipinski definition) is 0. The van der Waals surface area contributed by atoms with Crippen molar-refractivity contribution in [2.24, 2.45) is 0 Å². The van der Waals surface area contributed by atoms with Gasteiger partial charge in [0.2, 0.25) is 0 Å². The van der Waals surface area contributed by atoms with Crippen LogP contribution in [0, 0.1) is 13.8 Å². The normalized spacial score (nSPS) is 10.6. The highest BCUT2D eigenvalue weighted by atomic mass is 16.5. The predicted octanol–water partition coefficient (Wildman–Crippen LogP) is 4.62. The smallest absolute Gasteiger partial charge is 0.340 e. The third-order valence-corrected chi connectivity index (χ3v) is 4.53. The minimum Gasteiger partial charge on any atom is -0.497 e. The number of hydrogen-bond acceptors (Lipinski definition) is 3. The van der Waals surface area contributed by atoms with Crippen LogP contribution >= 0.6 is 0 Å². The molecule has 0 aliphatic heterocycles. The van der Waals surface area contributed by atoms with Crippen molar-refractivity contribution in [1.82, 2.24) is 4.57 Å². The van der Waals surface area contributed by atoms with Crippen LogP contribution in [0.15, 0.2) is 54.6 Å². The second kappa shape index (κ2) is 7.48. The topological polar surface area (TPSA) is 40.5 Å². The summed E-state index contributed by atoms with van der Waals surface area (Å²) in [6.07, 6.45) is 0. The molecule has 0 amide bonds. The number of aryl methyl sites for hydroxylation is 2. The van der Waals surface area contributed by atoms with Gasteiger partial charge < -0.3 is 14.0 Å². The first-order valence-corrected chi connectivity index (χ1v) is 8.52. The van der Waals surface area contributed by atoms with Gasteiger partial charge in [-0.2, -0.15) is 0 Å². The Bertz CT molecular complexity index is 906. The average Bonchev–Trinajstić information content (AvgIpc) is 2.99. The minimum absolute atomic E-state index is 0.322. The van der Waals surface area contributed by atoms with E-state index >= 15 is 0 Å². The molecule has 4 heteroatoms. The van der Waals surface area contributed by atoms with Crippen molar-refractivity contribution in [3.8, 4) is 17.0 Å². The Morgan fingerprint density at radius 2 is 1.62 bits per heavy atom. The maximum absolute atomic E-state index is 12.3. The van der Waals surface area contributed by atoms with Gasteiger partial charge in [0.1, 0.15) is 5.75 Å². The van der Waals surface area contributed by atoms with Gasteiger partial charge in [-0.15, -0.1) is 0 Å². The second-order valence-corrected chi connectivity index (χ2v) is 6.34. The molecule has 0 spiro atoms. The van der Waals surface area contributed by atoms with E-state index in [1.54, 1.807) is 7.11 Å². The number of aromatic nitrogens is 1. The number of carbonyl (C=O) groups is 1. The standard InChI is InChI=1S/C22H23NO3/c1-15-5-9-18(10-6-15)21-20(22(24)26-4)13-16(2)23(21)14-17-7-11-19(25-3)12-8-17/h5-13H,14H2,1-4H3. The van der Waals surface area contributed by atoms with E-state index in [4.69, 9.17) is 9.47 Å². The molecule has 0 saturated heterocycles. The largest absolute Gasteiger partial charge is 0.497 e. The third-order valence-electron chi connectivity index (χ3n) is 4.53. The number of nitrogens with zero attached hydrogens (tertiary/aromatic N) is 1. The molecule has 0 aliphatic carbocycles. The molecule has 1 heterocycles. The molecule has 26 heavy (non-hydrogen) atoms. The van der Waals surface area contributed by atoms with Gasteiger partial charge >= 0.3 is 5.97 Å². The first-order valence-electron chi connectivity index (χ1n) is 8.52. The summed E-state index contributed by atoms with van der Waals surface area (Å²) in [4.78, 5) is 12.3. The molecule has 2 aromatic carbocycles. The van der Waals surface area contributed by atoms with Crippen molar-refractivity contribution in [2.75, 3.05) is 14.2 Å². The van der Waals surface area contributed by atoms with Gasteiger partial charge in [-0.05, 0) is 43.2 Å². The van der Waals surface area contributed by atoms with Crippen LogP contribution in [-0.4, -0.2) is 24.8 Å². The molecule has 3 rings (SSSR count). The Labute approximate surface area is 154 Å². The van der Waals surface area contributed by atoms with Crippen molar-refractivity contribution in [3.63, 3.8) is 0 Å². The molecule has 4 nitrogen and oxygen atoms in total. The molecule has 0 radical (unpaired) electrons. The molecule has 0 unspecified atom stereocenters. The lowest BCUT2D eigenvalue weighted by Crippen LogP contribution is -2.07. The molecule has 0 bridgehead atoms. The second-order valence-electron chi connectivity index (χ2n) is 6.34. The Balaban J connectivity index is 2.09. The lowest BCUT2D eigenvalue weighted by molar-refractivity contribution is 0.0601. The van der Waals surface area contributed by atoms with Crippen molar-refractivity contribution in [2.45, 2.75) is 20.4 Å². The van der Waals surface area contributed by atoms with Crippen LogP contribution in [0.5, 0.6) is 5.75 Å². The molecule has 0 N–H and O–H groups in total. The van der Waals surface area contributed by atoms with Crippen LogP contribution in [0.2, 0.25) is 0 Å². The van der Waals surface area contributed by atoms with E-state index in [9.17, 15) is 4.79 Å². The van der Waals surface area contributed by atoms with Crippen molar-refractivity contribution >= 4 is 5.97 Å². The Hall–Kier alpha value is -3.01. The Morgan fingerprint density at radius 3 is 2.19 bits per heavy atom. The summed E-state index contributed by atoms with van der Waals surface area (Å²) in [7, 11) is 3.07. The zero-order valence-corrected chi connectivity index (χ0v) is 15.6. The number of carbonyl (C=O) groups excluding carboxylic acids is 1. The van der Waals surface area contributed by atoms with Gasteiger partial charge in [-0.1, -0.05) is 42.0 Å². The zero-order valence-electron chi connectivity index (χ0n) is 15.6. The lowest BCUT2D eigenvalue weighted by atomic mass is 10.1. The fourth-order valence-corrected chi connectivity index (χ4v) is 3.08. The first-order chi connectivity index (χ1) is 12.5. The van der Waals surface area contributed by atoms with Gasteiger partial charge in [0.25, 0.3) is 0 Å². The van der Waals surface area contributed by atoms with Crippen molar-refractivity contribution < 1.29 is 14.3 Å². The van der Waals surface area contributed by atoms with Crippen LogP contribution in [0.1, 0.15) is 27.2 Å². The van der Waals surface area contributed by atoms with Gasteiger partial charge in [0.15, 0.2) is 0 Å².